The SMILES string of the molecule is COC(=O)NS(=O)(=O)Nc1ccc(O)cc1. The van der Waals surface area contributed by atoms with Crippen molar-refractivity contribution in [3.05, 3.63) is 24.3 Å². The van der Waals surface area contributed by atoms with Crippen LogP contribution in [0.3, 0.4) is 0 Å². The van der Waals surface area contributed by atoms with Crippen molar-refractivity contribution in [2.24, 2.45) is 0 Å². The number of ether oxygens (including phenoxy) is 1. The summed E-state index contributed by atoms with van der Waals surface area (Å²) in [6.45, 7) is 0. The van der Waals surface area contributed by atoms with Gasteiger partial charge in [-0.3, -0.25) is 4.72 Å². The maximum atomic E-state index is 11.3. The molecule has 0 aliphatic carbocycles. The Hall–Kier alpha value is -1.96. The molecule has 0 aromatic heterocycles. The number of anilines is 1. The van der Waals surface area contributed by atoms with Gasteiger partial charge in [0.05, 0.1) is 12.8 Å². The van der Waals surface area contributed by atoms with Gasteiger partial charge in [-0.2, -0.15) is 8.42 Å². The van der Waals surface area contributed by atoms with Crippen LogP contribution in [-0.4, -0.2) is 26.7 Å². The summed E-state index contributed by atoms with van der Waals surface area (Å²) in [5.41, 5.74) is 0.203. The second-order valence-corrected chi connectivity index (χ2v) is 4.16. The average Bonchev–Trinajstić information content (AvgIpc) is 2.20. The molecule has 0 bridgehead atoms. The molecule has 8 heteroatoms. The fourth-order valence-corrected chi connectivity index (χ4v) is 1.66. The van der Waals surface area contributed by atoms with Gasteiger partial charge in [-0.05, 0) is 24.3 Å². The molecule has 0 aliphatic rings. The minimum atomic E-state index is -4.01. The quantitative estimate of drug-likeness (QED) is 0.670. The fourth-order valence-electron chi connectivity index (χ4n) is 0.862. The van der Waals surface area contributed by atoms with Crippen LogP contribution in [0.5, 0.6) is 5.75 Å². The van der Waals surface area contributed by atoms with Crippen molar-refractivity contribution in [2.75, 3.05) is 11.8 Å². The molecular weight excluding hydrogens is 236 g/mol. The van der Waals surface area contributed by atoms with E-state index < -0.39 is 16.3 Å². The number of methoxy groups -OCH3 is 1. The molecular formula is C8H10N2O5S. The Kier molecular flexibility index (Phi) is 3.56. The molecule has 3 N–H and O–H groups in total. The maximum absolute atomic E-state index is 11.3. The lowest BCUT2D eigenvalue weighted by Gasteiger charge is -2.08. The highest BCUT2D eigenvalue weighted by molar-refractivity contribution is 7.91. The highest BCUT2D eigenvalue weighted by Gasteiger charge is 2.13. The summed E-state index contributed by atoms with van der Waals surface area (Å²) >= 11 is 0. The first kappa shape index (κ1) is 12.1. The van der Waals surface area contributed by atoms with Crippen molar-refractivity contribution < 1.29 is 23.1 Å². The predicted octanol–water partition coefficient (Wildman–Crippen LogP) is 0.405. The van der Waals surface area contributed by atoms with Gasteiger partial charge in [0.1, 0.15) is 5.75 Å². The standard InChI is InChI=1S/C8H10N2O5S/c1-15-8(12)10-16(13,14)9-6-2-4-7(11)5-3-6/h2-5,9,11H,1H3,(H,10,12). The molecule has 0 unspecified atom stereocenters. The molecule has 1 aromatic rings. The summed E-state index contributed by atoms with van der Waals surface area (Å²) in [6.07, 6.45) is -1.09. The van der Waals surface area contributed by atoms with Crippen LogP contribution in [-0.2, 0) is 14.9 Å². The first-order valence-corrected chi connectivity index (χ1v) is 5.59. The van der Waals surface area contributed by atoms with E-state index in [2.05, 4.69) is 9.46 Å². The highest BCUT2D eigenvalue weighted by atomic mass is 32.2. The predicted molar refractivity (Wildman–Crippen MR) is 56.2 cm³/mol. The lowest BCUT2D eigenvalue weighted by Crippen LogP contribution is -2.35. The van der Waals surface area contributed by atoms with Gasteiger partial charge in [-0.1, -0.05) is 0 Å². The normalized spacial score (nSPS) is 10.6. The second kappa shape index (κ2) is 4.71. The smallest absolute Gasteiger partial charge is 0.422 e. The van der Waals surface area contributed by atoms with Crippen LogP contribution >= 0.6 is 0 Å². The van der Waals surface area contributed by atoms with Crippen LogP contribution in [0.2, 0.25) is 0 Å². The van der Waals surface area contributed by atoms with Crippen LogP contribution in [0.25, 0.3) is 0 Å². The van der Waals surface area contributed by atoms with E-state index >= 15 is 0 Å². The molecule has 1 rings (SSSR count). The van der Waals surface area contributed by atoms with Gasteiger partial charge in [-0.15, -0.1) is 0 Å². The van der Waals surface area contributed by atoms with Gasteiger partial charge in [-0.25, -0.2) is 9.52 Å². The third kappa shape index (κ3) is 3.65. The Morgan fingerprint density at radius 3 is 2.38 bits per heavy atom. The van der Waals surface area contributed by atoms with Gasteiger partial charge >= 0.3 is 16.3 Å². The van der Waals surface area contributed by atoms with Crippen LogP contribution in [0.1, 0.15) is 0 Å². The maximum Gasteiger partial charge on any atom is 0.422 e. The number of rotatable bonds is 3. The van der Waals surface area contributed by atoms with Crippen LogP contribution in [0.15, 0.2) is 24.3 Å². The van der Waals surface area contributed by atoms with Crippen LogP contribution in [0.4, 0.5) is 10.5 Å². The molecule has 0 saturated carbocycles. The first-order chi connectivity index (χ1) is 7.43. The molecule has 0 atom stereocenters. The van der Waals surface area contributed by atoms with E-state index in [0.29, 0.717) is 0 Å². The molecule has 0 spiro atoms. The number of amides is 1. The van der Waals surface area contributed by atoms with Gasteiger partial charge in [0.15, 0.2) is 0 Å². The molecule has 0 heterocycles. The van der Waals surface area contributed by atoms with Gasteiger partial charge in [0.25, 0.3) is 0 Å². The number of aromatic hydroxyl groups is 1. The lowest BCUT2D eigenvalue weighted by atomic mass is 10.3. The van der Waals surface area contributed by atoms with Crippen molar-refractivity contribution in [1.29, 1.82) is 0 Å². The largest absolute Gasteiger partial charge is 0.508 e. The summed E-state index contributed by atoms with van der Waals surface area (Å²) in [5.74, 6) is 0.00359. The van der Waals surface area contributed by atoms with Crippen LogP contribution < -0.4 is 9.44 Å². The monoisotopic (exact) mass is 246 g/mol. The van der Waals surface area contributed by atoms with E-state index in [1.54, 1.807) is 4.72 Å². The molecule has 0 saturated heterocycles. The molecule has 88 valence electrons. The molecule has 0 fully saturated rings. The van der Waals surface area contributed by atoms with Gasteiger partial charge < -0.3 is 9.84 Å². The van der Waals surface area contributed by atoms with E-state index in [4.69, 9.17) is 5.11 Å². The number of benzene rings is 1. The van der Waals surface area contributed by atoms with E-state index in [-0.39, 0.29) is 11.4 Å². The number of carbonyl (C=O) groups is 1. The summed E-state index contributed by atoms with van der Waals surface area (Å²) in [6, 6.07) is 5.28. The van der Waals surface area contributed by atoms with Gasteiger partial charge in [0.2, 0.25) is 0 Å². The Balaban J connectivity index is 2.73. The average molecular weight is 246 g/mol. The number of phenols is 1. The Morgan fingerprint density at radius 2 is 1.88 bits per heavy atom. The second-order valence-electron chi connectivity index (χ2n) is 2.75. The van der Waals surface area contributed by atoms with Crippen LogP contribution in [0, 0.1) is 0 Å². The number of carbonyl (C=O) groups excluding carboxylic acids is 1. The summed E-state index contributed by atoms with van der Waals surface area (Å²) in [7, 11) is -2.97. The van der Waals surface area contributed by atoms with E-state index in [1.807, 2.05) is 0 Å². The zero-order valence-corrected chi connectivity index (χ0v) is 9.11. The highest BCUT2D eigenvalue weighted by Crippen LogP contribution is 2.14. The topological polar surface area (TPSA) is 105 Å². The van der Waals surface area contributed by atoms with Gasteiger partial charge in [0, 0.05) is 0 Å². The van der Waals surface area contributed by atoms with E-state index in [9.17, 15) is 13.2 Å². The summed E-state index contributed by atoms with van der Waals surface area (Å²) in [5, 5.41) is 8.97. The van der Waals surface area contributed by atoms with Crippen molar-refractivity contribution in [3.63, 3.8) is 0 Å². The Bertz CT molecular complexity index is 468. The minimum absolute atomic E-state index is 0.00359. The molecule has 1 aromatic carbocycles. The third-order valence-electron chi connectivity index (χ3n) is 1.52. The zero-order valence-electron chi connectivity index (χ0n) is 8.30. The molecule has 16 heavy (non-hydrogen) atoms. The molecule has 0 aliphatic heterocycles. The third-order valence-corrected chi connectivity index (χ3v) is 2.46. The van der Waals surface area contributed by atoms with Crippen molar-refractivity contribution >= 4 is 22.0 Å². The van der Waals surface area contributed by atoms with E-state index in [0.717, 1.165) is 7.11 Å². The number of phenolic OH excluding ortho intramolecular Hbond substituents is 1. The zero-order chi connectivity index (χ0) is 12.2. The summed E-state index contributed by atoms with van der Waals surface area (Å²) in [4.78, 5) is 10.7. The van der Waals surface area contributed by atoms with Crippen molar-refractivity contribution in [3.8, 4) is 5.75 Å². The Morgan fingerprint density at radius 1 is 1.31 bits per heavy atom. The molecule has 7 nitrogen and oxygen atoms in total. The minimum Gasteiger partial charge on any atom is -0.508 e. The first-order valence-electron chi connectivity index (χ1n) is 4.10. The molecule has 1 amide bonds. The summed E-state index contributed by atoms with van der Waals surface area (Å²) < 4.78 is 30.3. The number of hydrogen-bond acceptors (Lipinski definition) is 5. The number of nitrogens with one attached hydrogen (secondary N) is 2. The van der Waals surface area contributed by atoms with E-state index in [1.165, 1.54) is 24.3 Å². The van der Waals surface area contributed by atoms with Crippen molar-refractivity contribution in [2.45, 2.75) is 0 Å². The number of hydrogen-bond donors (Lipinski definition) is 3. The fraction of sp³-hybridized carbons (Fsp3) is 0.125. The Labute approximate surface area is 92.2 Å². The van der Waals surface area contributed by atoms with Crippen molar-refractivity contribution in [1.82, 2.24) is 4.72 Å². The molecule has 0 radical (unpaired) electrons. The lowest BCUT2D eigenvalue weighted by molar-refractivity contribution is 0.177.